The Bertz CT molecular complexity index is 807. The Morgan fingerprint density at radius 1 is 1.31 bits per heavy atom. The largest absolute Gasteiger partial charge is 0.355 e. The van der Waals surface area contributed by atoms with Gasteiger partial charge >= 0.3 is 0 Å². The van der Waals surface area contributed by atoms with Gasteiger partial charge in [-0.25, -0.2) is 13.8 Å². The molecule has 1 amide bonds. The zero-order valence-corrected chi connectivity index (χ0v) is 15.0. The highest BCUT2D eigenvalue weighted by Gasteiger charge is 2.35. The van der Waals surface area contributed by atoms with Gasteiger partial charge in [0.2, 0.25) is 0 Å². The van der Waals surface area contributed by atoms with Crippen LogP contribution in [-0.2, 0) is 0 Å². The zero-order valence-electron chi connectivity index (χ0n) is 14.2. The Hall–Kier alpha value is -2.26. The maximum absolute atomic E-state index is 13.4. The molecule has 2 aromatic rings. The molecular formula is C17H19F2N5OS. The highest BCUT2D eigenvalue weighted by atomic mass is 32.2. The van der Waals surface area contributed by atoms with Crippen LogP contribution in [0.1, 0.15) is 28.9 Å². The molecular weight excluding hydrogens is 360 g/mol. The van der Waals surface area contributed by atoms with Crippen LogP contribution in [0.5, 0.6) is 0 Å². The lowest BCUT2D eigenvalue weighted by molar-refractivity contribution is -0.0221. The minimum Gasteiger partial charge on any atom is -0.355 e. The molecule has 1 aliphatic heterocycles. The monoisotopic (exact) mass is 379 g/mol. The summed E-state index contributed by atoms with van der Waals surface area (Å²) in [6, 6.07) is 5.09. The molecule has 0 radical (unpaired) electrons. The fourth-order valence-electron chi connectivity index (χ4n) is 2.76. The van der Waals surface area contributed by atoms with Crippen molar-refractivity contribution in [3.8, 4) is 0 Å². The summed E-state index contributed by atoms with van der Waals surface area (Å²) < 4.78 is 26.9. The van der Waals surface area contributed by atoms with Gasteiger partial charge in [0.1, 0.15) is 5.82 Å². The van der Waals surface area contributed by atoms with Crippen LogP contribution < -0.4 is 15.4 Å². The fourth-order valence-corrected chi connectivity index (χ4v) is 3.07. The number of piperidine rings is 1. The molecule has 0 unspecified atom stereocenters. The van der Waals surface area contributed by atoms with Crippen molar-refractivity contribution in [2.45, 2.75) is 30.6 Å². The average Bonchev–Trinajstić information content (AvgIpc) is 2.61. The molecule has 6 nitrogen and oxygen atoms in total. The van der Waals surface area contributed by atoms with Crippen LogP contribution in [0.25, 0.3) is 0 Å². The number of nitrogens with one attached hydrogen (secondary N) is 1. The highest BCUT2D eigenvalue weighted by molar-refractivity contribution is 7.97. The summed E-state index contributed by atoms with van der Waals surface area (Å²) in [5.41, 5.74) is 1.56. The standard InChI is InChI=1S/C17H19F2N5OS/c1-11-2-3-14(15(22-11)24-6-4-17(18,19)5-7-24)16(25)23-12-8-13(26-20)10-21-9-12/h2-3,8-10H,4-7,20H2,1H3,(H,23,25). The number of carbonyl (C=O) groups excluding carboxylic acids is 1. The molecule has 3 heterocycles. The van der Waals surface area contributed by atoms with Gasteiger partial charge in [0.25, 0.3) is 11.8 Å². The van der Waals surface area contributed by atoms with E-state index in [1.165, 1.54) is 6.20 Å². The molecule has 1 fully saturated rings. The first-order chi connectivity index (χ1) is 12.4. The fraction of sp³-hybridized carbons (Fsp3) is 0.353. The Balaban J connectivity index is 1.84. The summed E-state index contributed by atoms with van der Waals surface area (Å²) in [6.45, 7) is 2.12. The Kier molecular flexibility index (Phi) is 5.38. The van der Waals surface area contributed by atoms with Gasteiger partial charge in [-0.2, -0.15) is 0 Å². The van der Waals surface area contributed by atoms with Gasteiger partial charge in [0.05, 0.1) is 17.4 Å². The van der Waals surface area contributed by atoms with Gasteiger partial charge in [0.15, 0.2) is 0 Å². The lowest BCUT2D eigenvalue weighted by atomic mass is 10.1. The quantitative estimate of drug-likeness (QED) is 0.794. The van der Waals surface area contributed by atoms with Gasteiger partial charge < -0.3 is 10.2 Å². The van der Waals surface area contributed by atoms with E-state index in [9.17, 15) is 13.6 Å². The smallest absolute Gasteiger partial charge is 0.259 e. The molecule has 3 N–H and O–H groups in total. The molecule has 26 heavy (non-hydrogen) atoms. The number of aryl methyl sites for hydroxylation is 1. The predicted molar refractivity (Wildman–Crippen MR) is 97.6 cm³/mol. The van der Waals surface area contributed by atoms with Gasteiger partial charge in [-0.3, -0.25) is 14.9 Å². The molecule has 0 spiro atoms. The van der Waals surface area contributed by atoms with Crippen molar-refractivity contribution in [1.82, 2.24) is 9.97 Å². The van der Waals surface area contributed by atoms with E-state index in [0.29, 0.717) is 22.0 Å². The normalized spacial score (nSPS) is 16.4. The van der Waals surface area contributed by atoms with Crippen LogP contribution in [-0.4, -0.2) is 34.9 Å². The van der Waals surface area contributed by atoms with Gasteiger partial charge in [-0.15, -0.1) is 0 Å². The molecule has 3 rings (SSSR count). The molecule has 1 aliphatic rings. The lowest BCUT2D eigenvalue weighted by Gasteiger charge is -2.33. The van der Waals surface area contributed by atoms with E-state index >= 15 is 0 Å². The van der Waals surface area contributed by atoms with E-state index in [1.54, 1.807) is 36.2 Å². The number of rotatable bonds is 4. The van der Waals surface area contributed by atoms with E-state index in [0.717, 1.165) is 17.6 Å². The van der Waals surface area contributed by atoms with Crippen molar-refractivity contribution in [3.05, 3.63) is 41.9 Å². The van der Waals surface area contributed by atoms with Crippen molar-refractivity contribution in [3.63, 3.8) is 0 Å². The van der Waals surface area contributed by atoms with E-state index in [-0.39, 0.29) is 31.8 Å². The summed E-state index contributed by atoms with van der Waals surface area (Å²) in [5.74, 6) is -2.60. The number of amides is 1. The second-order valence-corrected chi connectivity index (χ2v) is 6.86. The van der Waals surface area contributed by atoms with Gasteiger partial charge in [-0.1, -0.05) is 0 Å². The third-order valence-electron chi connectivity index (χ3n) is 4.16. The highest BCUT2D eigenvalue weighted by Crippen LogP contribution is 2.31. The average molecular weight is 379 g/mol. The van der Waals surface area contributed by atoms with Crippen LogP contribution in [0.2, 0.25) is 0 Å². The molecule has 0 aromatic carbocycles. The zero-order chi connectivity index (χ0) is 18.7. The van der Waals surface area contributed by atoms with Crippen LogP contribution in [0.15, 0.2) is 35.5 Å². The first kappa shape index (κ1) is 18.5. The number of nitrogens with zero attached hydrogens (tertiary/aromatic N) is 3. The summed E-state index contributed by atoms with van der Waals surface area (Å²) in [7, 11) is 0. The first-order valence-corrected chi connectivity index (χ1v) is 8.99. The number of hydrogen-bond acceptors (Lipinski definition) is 6. The molecule has 0 saturated carbocycles. The summed E-state index contributed by atoms with van der Waals surface area (Å²) >= 11 is 1.03. The number of pyridine rings is 2. The van der Waals surface area contributed by atoms with Crippen LogP contribution >= 0.6 is 11.9 Å². The number of nitrogens with two attached hydrogens (primary N) is 1. The van der Waals surface area contributed by atoms with Crippen molar-refractivity contribution < 1.29 is 13.6 Å². The van der Waals surface area contributed by atoms with Crippen LogP contribution in [0.3, 0.4) is 0 Å². The Morgan fingerprint density at radius 3 is 2.73 bits per heavy atom. The minimum absolute atomic E-state index is 0.157. The van der Waals surface area contributed by atoms with Crippen molar-refractivity contribution in [2.24, 2.45) is 5.14 Å². The van der Waals surface area contributed by atoms with E-state index in [4.69, 9.17) is 5.14 Å². The molecule has 1 saturated heterocycles. The number of hydrogen-bond donors (Lipinski definition) is 2. The second kappa shape index (κ2) is 7.55. The number of halogens is 2. The van der Waals surface area contributed by atoms with Gasteiger partial charge in [0, 0.05) is 42.7 Å². The SMILES string of the molecule is Cc1ccc(C(=O)Nc2cncc(SN)c2)c(N2CCC(F)(F)CC2)n1. The molecule has 0 atom stereocenters. The summed E-state index contributed by atoms with van der Waals surface area (Å²) in [4.78, 5) is 23.6. The van der Waals surface area contributed by atoms with Crippen molar-refractivity contribution in [1.29, 1.82) is 0 Å². The van der Waals surface area contributed by atoms with E-state index in [1.807, 2.05) is 0 Å². The number of carbonyl (C=O) groups is 1. The van der Waals surface area contributed by atoms with Crippen LogP contribution in [0, 0.1) is 6.92 Å². The molecule has 9 heteroatoms. The van der Waals surface area contributed by atoms with Crippen molar-refractivity contribution in [2.75, 3.05) is 23.3 Å². The van der Waals surface area contributed by atoms with E-state index in [2.05, 4.69) is 15.3 Å². The topological polar surface area (TPSA) is 84.1 Å². The number of anilines is 2. The third kappa shape index (κ3) is 4.28. The molecule has 0 bridgehead atoms. The predicted octanol–water partition coefficient (Wildman–Crippen LogP) is 3.24. The lowest BCUT2D eigenvalue weighted by Crippen LogP contribution is -2.40. The maximum atomic E-state index is 13.4. The van der Waals surface area contributed by atoms with Crippen LogP contribution in [0.4, 0.5) is 20.3 Å². The number of alkyl halides is 2. The Morgan fingerprint density at radius 2 is 2.04 bits per heavy atom. The molecule has 138 valence electrons. The third-order valence-corrected chi connectivity index (χ3v) is 4.66. The Labute approximate surface area is 154 Å². The van der Waals surface area contributed by atoms with E-state index < -0.39 is 5.92 Å². The molecule has 0 aliphatic carbocycles. The van der Waals surface area contributed by atoms with Crippen molar-refractivity contribution >= 4 is 29.4 Å². The number of aromatic nitrogens is 2. The van der Waals surface area contributed by atoms with Gasteiger partial charge in [-0.05, 0) is 37.1 Å². The first-order valence-electron chi connectivity index (χ1n) is 8.11. The summed E-state index contributed by atoms with van der Waals surface area (Å²) in [6.07, 6.45) is 2.61. The summed E-state index contributed by atoms with van der Waals surface area (Å²) in [5, 5.41) is 8.27. The molecule has 2 aromatic heterocycles. The maximum Gasteiger partial charge on any atom is 0.259 e. The second-order valence-electron chi connectivity index (χ2n) is 6.15. The minimum atomic E-state index is -2.66.